The molecule has 6 heteroatoms. The van der Waals surface area contributed by atoms with Crippen molar-refractivity contribution < 1.29 is 4.74 Å². The zero-order valence-corrected chi connectivity index (χ0v) is 15.9. The van der Waals surface area contributed by atoms with Crippen molar-refractivity contribution in [1.29, 1.82) is 0 Å². The average molecular weight is 384 g/mol. The quantitative estimate of drug-likeness (QED) is 0.807. The monoisotopic (exact) mass is 383 g/mol. The Kier molecular flexibility index (Phi) is 3.68. The highest BCUT2D eigenvalue weighted by Gasteiger charge is 2.53. The first-order valence-electron chi connectivity index (χ1n) is 9.32. The van der Waals surface area contributed by atoms with Gasteiger partial charge in [0.05, 0.1) is 11.4 Å². The van der Waals surface area contributed by atoms with Crippen molar-refractivity contribution in [2.75, 3.05) is 17.2 Å². The summed E-state index contributed by atoms with van der Waals surface area (Å²) in [6.45, 7) is 1.14. The summed E-state index contributed by atoms with van der Waals surface area (Å²) in [5, 5.41) is 8.09. The molecule has 0 bridgehead atoms. The van der Waals surface area contributed by atoms with Crippen LogP contribution in [0.15, 0.2) is 58.3 Å². The van der Waals surface area contributed by atoms with Gasteiger partial charge in [0.1, 0.15) is 17.7 Å². The van der Waals surface area contributed by atoms with Crippen LogP contribution in [0.3, 0.4) is 0 Å². The molecule has 2 aromatic rings. The van der Waals surface area contributed by atoms with Crippen LogP contribution in [-0.2, 0) is 4.74 Å². The Hall–Kier alpha value is -1.34. The zero-order valence-electron chi connectivity index (χ0n) is 14.3. The van der Waals surface area contributed by atoms with Crippen LogP contribution in [-0.4, -0.2) is 40.6 Å². The van der Waals surface area contributed by atoms with E-state index in [1.165, 1.54) is 27.6 Å². The van der Waals surface area contributed by atoms with Gasteiger partial charge in [-0.3, -0.25) is 4.90 Å². The fourth-order valence-corrected chi connectivity index (χ4v) is 7.16. The highest BCUT2D eigenvalue weighted by Crippen LogP contribution is 2.49. The summed E-state index contributed by atoms with van der Waals surface area (Å²) in [5.74, 6) is 0. The van der Waals surface area contributed by atoms with Gasteiger partial charge >= 0.3 is 0 Å². The van der Waals surface area contributed by atoms with Crippen LogP contribution in [0.1, 0.15) is 12.8 Å². The smallest absolute Gasteiger partial charge is 0.111 e. The van der Waals surface area contributed by atoms with E-state index in [-0.39, 0.29) is 17.7 Å². The molecule has 0 spiro atoms. The molecule has 2 N–H and O–H groups in total. The Bertz CT molecular complexity index is 797. The molecule has 0 saturated carbocycles. The van der Waals surface area contributed by atoms with Crippen molar-refractivity contribution in [3.63, 3.8) is 0 Å². The zero-order chi connectivity index (χ0) is 17.1. The summed E-state index contributed by atoms with van der Waals surface area (Å²) in [5.41, 5.74) is 2.51. The van der Waals surface area contributed by atoms with Crippen molar-refractivity contribution in [3.05, 3.63) is 48.5 Å². The predicted octanol–water partition coefficient (Wildman–Crippen LogP) is 4.26. The third kappa shape index (κ3) is 2.39. The molecule has 134 valence electrons. The molecule has 4 aliphatic heterocycles. The van der Waals surface area contributed by atoms with E-state index in [4.69, 9.17) is 4.74 Å². The van der Waals surface area contributed by atoms with Crippen LogP contribution < -0.4 is 10.6 Å². The number of benzene rings is 2. The number of fused-ring (bicyclic) bond motifs is 3. The molecule has 2 saturated heterocycles. The normalized spacial score (nSPS) is 34.8. The van der Waals surface area contributed by atoms with Gasteiger partial charge in [0.2, 0.25) is 0 Å². The minimum Gasteiger partial charge on any atom is -0.371 e. The molecule has 5 atom stereocenters. The first-order chi connectivity index (χ1) is 12.9. The van der Waals surface area contributed by atoms with Gasteiger partial charge in [0.15, 0.2) is 0 Å². The van der Waals surface area contributed by atoms with E-state index in [0.717, 1.165) is 13.0 Å². The highest BCUT2D eigenvalue weighted by atomic mass is 32.2. The molecule has 6 rings (SSSR count). The summed E-state index contributed by atoms with van der Waals surface area (Å²) in [6, 6.07) is 17.6. The Morgan fingerprint density at radius 3 is 2.27 bits per heavy atom. The van der Waals surface area contributed by atoms with Crippen LogP contribution in [0.2, 0.25) is 0 Å². The number of nitrogens with one attached hydrogen (secondary N) is 2. The Balaban J connectivity index is 1.30. The second kappa shape index (κ2) is 6.09. The lowest BCUT2D eigenvalue weighted by atomic mass is 10.1. The molecule has 26 heavy (non-hydrogen) atoms. The van der Waals surface area contributed by atoms with Crippen molar-refractivity contribution in [3.8, 4) is 0 Å². The molecule has 0 radical (unpaired) electrons. The maximum Gasteiger partial charge on any atom is 0.111 e. The third-order valence-corrected chi connectivity index (χ3v) is 8.27. The largest absolute Gasteiger partial charge is 0.371 e. The Morgan fingerprint density at radius 1 is 0.885 bits per heavy atom. The van der Waals surface area contributed by atoms with Gasteiger partial charge in [-0.05, 0) is 37.1 Å². The van der Waals surface area contributed by atoms with Crippen LogP contribution in [0.25, 0.3) is 0 Å². The van der Waals surface area contributed by atoms with Crippen molar-refractivity contribution in [1.82, 2.24) is 4.90 Å². The molecule has 0 amide bonds. The van der Waals surface area contributed by atoms with Crippen LogP contribution >= 0.6 is 23.5 Å². The predicted molar refractivity (Wildman–Crippen MR) is 108 cm³/mol. The molecular formula is C20H21N3OS2. The molecular weight excluding hydrogens is 362 g/mol. The number of thioether (sulfide) groups is 2. The highest BCUT2D eigenvalue weighted by molar-refractivity contribution is 8.01. The molecule has 4 heterocycles. The minimum atomic E-state index is 0.178. The molecule has 4 aliphatic rings. The molecule has 2 aromatic carbocycles. The van der Waals surface area contributed by atoms with Gasteiger partial charge in [0, 0.05) is 27.7 Å². The summed E-state index contributed by atoms with van der Waals surface area (Å²) >= 11 is 3.88. The standard InChI is InChI=1S/C20H21N3OS2/c1-3-8-14-12(6-1)21-19(25-14)17-18(24-16-10-5-11-23(16)17)20-22-13-7-2-4-9-15(13)26-20/h1-4,6-9,16-22H,5,10-11H2/t16-,17-,18+,19-,20+/m0/s1. The maximum atomic E-state index is 6.61. The summed E-state index contributed by atoms with van der Waals surface area (Å²) in [4.78, 5) is 5.29. The Labute approximate surface area is 162 Å². The number of rotatable bonds is 2. The number of ether oxygens (including phenoxy) is 1. The number of para-hydroxylation sites is 2. The van der Waals surface area contributed by atoms with E-state index in [0.29, 0.717) is 11.4 Å². The van der Waals surface area contributed by atoms with E-state index in [9.17, 15) is 0 Å². The summed E-state index contributed by atoms with van der Waals surface area (Å²) < 4.78 is 6.61. The summed E-state index contributed by atoms with van der Waals surface area (Å²) in [6.07, 6.45) is 2.85. The van der Waals surface area contributed by atoms with Gasteiger partial charge in [0.25, 0.3) is 0 Å². The third-order valence-electron chi connectivity index (χ3n) is 5.76. The molecule has 0 unspecified atom stereocenters. The van der Waals surface area contributed by atoms with Crippen molar-refractivity contribution in [2.24, 2.45) is 0 Å². The lowest BCUT2D eigenvalue weighted by Gasteiger charge is -2.32. The van der Waals surface area contributed by atoms with Gasteiger partial charge in [-0.15, -0.1) is 0 Å². The lowest BCUT2D eigenvalue weighted by molar-refractivity contribution is 0.0201. The van der Waals surface area contributed by atoms with E-state index >= 15 is 0 Å². The first kappa shape index (κ1) is 15.7. The second-order valence-corrected chi connectivity index (χ2v) is 9.65. The van der Waals surface area contributed by atoms with Gasteiger partial charge < -0.3 is 15.4 Å². The van der Waals surface area contributed by atoms with Crippen LogP contribution in [0, 0.1) is 0 Å². The van der Waals surface area contributed by atoms with E-state index in [1.807, 2.05) is 23.5 Å². The SMILES string of the molecule is c1ccc2c(c1)N[C@@H]([C@@H]1O[C@H]3CCCN3[C@@H]1[C@H]1Nc3ccccc3S1)S2. The minimum absolute atomic E-state index is 0.178. The van der Waals surface area contributed by atoms with E-state index in [2.05, 4.69) is 64.1 Å². The van der Waals surface area contributed by atoms with Crippen molar-refractivity contribution in [2.45, 2.75) is 51.8 Å². The van der Waals surface area contributed by atoms with E-state index < -0.39 is 0 Å². The van der Waals surface area contributed by atoms with Crippen LogP contribution in [0.5, 0.6) is 0 Å². The topological polar surface area (TPSA) is 36.5 Å². The second-order valence-electron chi connectivity index (χ2n) is 7.28. The lowest BCUT2D eigenvalue weighted by Crippen LogP contribution is -2.49. The Morgan fingerprint density at radius 2 is 1.54 bits per heavy atom. The molecule has 4 nitrogen and oxygen atoms in total. The van der Waals surface area contributed by atoms with Gasteiger partial charge in [-0.25, -0.2) is 0 Å². The molecule has 0 aromatic heterocycles. The summed E-state index contributed by atoms with van der Waals surface area (Å²) in [7, 11) is 0. The number of anilines is 2. The molecule has 2 fully saturated rings. The maximum absolute atomic E-state index is 6.61. The number of hydrogen-bond acceptors (Lipinski definition) is 6. The van der Waals surface area contributed by atoms with E-state index in [1.54, 1.807) is 0 Å². The van der Waals surface area contributed by atoms with Crippen molar-refractivity contribution >= 4 is 34.9 Å². The van der Waals surface area contributed by atoms with Crippen LogP contribution in [0.4, 0.5) is 11.4 Å². The fraction of sp³-hybridized carbons (Fsp3) is 0.400. The molecule has 0 aliphatic carbocycles. The number of nitrogens with zero attached hydrogens (tertiary/aromatic N) is 1. The fourth-order valence-electron chi connectivity index (χ4n) is 4.61. The van der Waals surface area contributed by atoms with Gasteiger partial charge in [-0.2, -0.15) is 0 Å². The average Bonchev–Trinajstić information content (AvgIpc) is 3.41. The van der Waals surface area contributed by atoms with Gasteiger partial charge in [-0.1, -0.05) is 47.8 Å². The number of hydrogen-bond donors (Lipinski definition) is 2. The first-order valence-corrected chi connectivity index (χ1v) is 11.1.